The molecule has 15 heteroatoms. The maximum absolute atomic E-state index is 14.4. The van der Waals surface area contributed by atoms with Gasteiger partial charge in [-0.25, -0.2) is 27.2 Å². The number of nitrogens with zero attached hydrogens (tertiary/aromatic N) is 1. The van der Waals surface area contributed by atoms with Crippen molar-refractivity contribution >= 4 is 29.8 Å². The standard InChI is InChI=1S/C35H50F4N4O7/c1-19(2)29(42-34(49)50-18-35(3,4)5)32(46)43-17-22(20-9-7-6-8-10-20)15-27(43)31(45)41-26(16-28(38)39)30(44)40-12-11-23-24(36)13-21(33(47)48)14-25(23)37/h13-14,19-20,22,26-29H,6-12,15-18H2,1-5H3,(H,40,44)(H,41,45)(H,42,49)(H,47,48)/t22-,26+,27?,29+/m1/s1. The lowest BCUT2D eigenvalue weighted by atomic mass is 9.79. The van der Waals surface area contributed by atoms with E-state index in [9.17, 15) is 41.5 Å². The average Bonchev–Trinajstić information content (AvgIpc) is 3.48. The molecule has 1 saturated carbocycles. The van der Waals surface area contributed by atoms with Crippen molar-refractivity contribution in [2.24, 2.45) is 23.2 Å². The van der Waals surface area contributed by atoms with Crippen molar-refractivity contribution in [2.75, 3.05) is 19.7 Å². The molecule has 280 valence electrons. The van der Waals surface area contributed by atoms with Crippen LogP contribution in [0.25, 0.3) is 0 Å². The summed E-state index contributed by atoms with van der Waals surface area (Å²) in [5.74, 6) is -6.40. The number of alkyl halides is 2. The molecule has 4 atom stereocenters. The van der Waals surface area contributed by atoms with Crippen molar-refractivity contribution < 1.29 is 51.4 Å². The first-order chi connectivity index (χ1) is 23.4. The molecule has 3 rings (SSSR count). The number of halogens is 4. The molecule has 2 aliphatic rings. The summed E-state index contributed by atoms with van der Waals surface area (Å²) in [7, 11) is 0. The first-order valence-electron chi connectivity index (χ1n) is 17.2. The van der Waals surface area contributed by atoms with Gasteiger partial charge in [-0.2, -0.15) is 0 Å². The van der Waals surface area contributed by atoms with E-state index in [0.717, 1.165) is 32.1 Å². The number of hydrogen-bond acceptors (Lipinski definition) is 6. The fraction of sp³-hybridized carbons (Fsp3) is 0.686. The predicted octanol–water partition coefficient (Wildman–Crippen LogP) is 5.06. The van der Waals surface area contributed by atoms with Crippen LogP contribution in [0.1, 0.15) is 95.5 Å². The third-order valence-electron chi connectivity index (χ3n) is 9.19. The number of likely N-dealkylation sites (tertiary alicyclic amines) is 1. The molecule has 0 radical (unpaired) electrons. The first kappa shape index (κ1) is 40.5. The maximum atomic E-state index is 14.4. The summed E-state index contributed by atoms with van der Waals surface area (Å²) in [6.07, 6.45) is -0.0862. The quantitative estimate of drug-likeness (QED) is 0.197. The van der Waals surface area contributed by atoms with E-state index in [1.165, 1.54) is 4.90 Å². The van der Waals surface area contributed by atoms with Gasteiger partial charge in [0.25, 0.3) is 0 Å². The summed E-state index contributed by atoms with van der Waals surface area (Å²) >= 11 is 0. The van der Waals surface area contributed by atoms with Crippen molar-refractivity contribution in [3.05, 3.63) is 34.9 Å². The topological polar surface area (TPSA) is 154 Å². The first-order valence-corrected chi connectivity index (χ1v) is 17.2. The Morgan fingerprint density at radius 3 is 2.14 bits per heavy atom. The van der Waals surface area contributed by atoms with Crippen LogP contribution < -0.4 is 16.0 Å². The van der Waals surface area contributed by atoms with E-state index in [1.54, 1.807) is 13.8 Å². The number of rotatable bonds is 14. The number of carbonyl (C=O) groups excluding carboxylic acids is 4. The number of hydrogen-bond donors (Lipinski definition) is 4. The highest BCUT2D eigenvalue weighted by atomic mass is 19.3. The van der Waals surface area contributed by atoms with Gasteiger partial charge in [-0.15, -0.1) is 0 Å². The third-order valence-corrected chi connectivity index (χ3v) is 9.19. The Balaban J connectivity index is 1.77. The minimum atomic E-state index is -3.01. The molecule has 11 nitrogen and oxygen atoms in total. The van der Waals surface area contributed by atoms with Crippen LogP contribution in [-0.4, -0.2) is 84.0 Å². The molecule has 1 aromatic carbocycles. The van der Waals surface area contributed by atoms with E-state index in [-0.39, 0.29) is 36.8 Å². The van der Waals surface area contributed by atoms with E-state index in [4.69, 9.17) is 9.84 Å². The Labute approximate surface area is 290 Å². The van der Waals surface area contributed by atoms with Gasteiger partial charge in [0.05, 0.1) is 12.2 Å². The summed E-state index contributed by atoms with van der Waals surface area (Å²) in [4.78, 5) is 66.0. The number of carboxylic acids is 1. The molecule has 50 heavy (non-hydrogen) atoms. The van der Waals surface area contributed by atoms with E-state index in [1.807, 2.05) is 20.8 Å². The summed E-state index contributed by atoms with van der Waals surface area (Å²) in [5.41, 5.74) is -1.43. The molecule has 1 aliphatic carbocycles. The van der Waals surface area contributed by atoms with Gasteiger partial charge in [-0.05, 0) is 48.1 Å². The lowest BCUT2D eigenvalue weighted by molar-refractivity contribution is -0.141. The Morgan fingerprint density at radius 1 is 0.980 bits per heavy atom. The monoisotopic (exact) mass is 714 g/mol. The number of ether oxygens (including phenoxy) is 1. The Hall–Kier alpha value is -3.91. The Morgan fingerprint density at radius 2 is 1.60 bits per heavy atom. The van der Waals surface area contributed by atoms with Crippen LogP contribution in [0, 0.1) is 34.8 Å². The molecule has 0 spiro atoms. The van der Waals surface area contributed by atoms with Crippen molar-refractivity contribution in [1.82, 2.24) is 20.9 Å². The number of alkyl carbamates (subject to hydrolysis) is 1. The highest BCUT2D eigenvalue weighted by molar-refractivity contribution is 5.94. The van der Waals surface area contributed by atoms with E-state index < -0.39 is 102 Å². The van der Waals surface area contributed by atoms with Crippen molar-refractivity contribution in [3.63, 3.8) is 0 Å². The molecule has 4 amide bonds. The van der Waals surface area contributed by atoms with E-state index >= 15 is 0 Å². The molecule has 4 N–H and O–H groups in total. The lowest BCUT2D eigenvalue weighted by Crippen LogP contribution is -2.57. The lowest BCUT2D eigenvalue weighted by Gasteiger charge is -2.31. The Kier molecular flexibility index (Phi) is 14.5. The fourth-order valence-corrected chi connectivity index (χ4v) is 6.53. The predicted molar refractivity (Wildman–Crippen MR) is 175 cm³/mol. The summed E-state index contributed by atoms with van der Waals surface area (Å²) in [6.45, 7) is 9.03. The maximum Gasteiger partial charge on any atom is 0.407 e. The Bertz CT molecular complexity index is 1360. The largest absolute Gasteiger partial charge is 0.478 e. The van der Waals surface area contributed by atoms with Gasteiger partial charge in [0.1, 0.15) is 29.8 Å². The van der Waals surface area contributed by atoms with Gasteiger partial charge >= 0.3 is 12.1 Å². The van der Waals surface area contributed by atoms with Crippen LogP contribution >= 0.6 is 0 Å². The van der Waals surface area contributed by atoms with Crippen LogP contribution in [0.3, 0.4) is 0 Å². The zero-order valence-electron chi connectivity index (χ0n) is 29.3. The zero-order chi connectivity index (χ0) is 37.3. The van der Waals surface area contributed by atoms with E-state index in [0.29, 0.717) is 12.1 Å². The summed E-state index contributed by atoms with van der Waals surface area (Å²) < 4.78 is 61.3. The zero-order valence-corrected chi connectivity index (χ0v) is 29.3. The molecule has 1 saturated heterocycles. The molecule has 0 aromatic heterocycles. The number of nitrogens with one attached hydrogen (secondary N) is 3. The van der Waals surface area contributed by atoms with Crippen LogP contribution in [0.2, 0.25) is 0 Å². The van der Waals surface area contributed by atoms with Crippen molar-refractivity contribution in [2.45, 2.75) is 111 Å². The SMILES string of the molecule is CC(C)[C@H](NC(=O)OCC(C)(C)C)C(=O)N1C[C@H](C2CCCCC2)CC1C(=O)N[C@@H](CC(F)F)C(=O)NCCc1c(F)cc(C(=O)O)cc1F. The van der Waals surface area contributed by atoms with Crippen LogP contribution in [0.4, 0.5) is 22.4 Å². The minimum absolute atomic E-state index is 0.0599. The second-order valence-electron chi connectivity index (χ2n) is 14.9. The van der Waals surface area contributed by atoms with Gasteiger partial charge in [-0.1, -0.05) is 66.7 Å². The summed E-state index contributed by atoms with van der Waals surface area (Å²) in [6, 6.07) is -2.62. The van der Waals surface area contributed by atoms with Gasteiger partial charge in [-0.3, -0.25) is 14.4 Å². The molecule has 1 unspecified atom stereocenters. The van der Waals surface area contributed by atoms with Crippen LogP contribution in [-0.2, 0) is 25.5 Å². The van der Waals surface area contributed by atoms with Gasteiger partial charge < -0.3 is 30.7 Å². The minimum Gasteiger partial charge on any atom is -0.478 e. The molecular formula is C35H50F4N4O7. The fourth-order valence-electron chi connectivity index (χ4n) is 6.53. The smallest absolute Gasteiger partial charge is 0.407 e. The van der Waals surface area contributed by atoms with Crippen molar-refractivity contribution in [3.8, 4) is 0 Å². The summed E-state index contributed by atoms with van der Waals surface area (Å²) in [5, 5.41) is 16.3. The third kappa shape index (κ3) is 11.6. The van der Waals surface area contributed by atoms with Gasteiger partial charge in [0.15, 0.2) is 0 Å². The second kappa shape index (κ2) is 17.8. The molecule has 1 heterocycles. The molecule has 2 fully saturated rings. The van der Waals surface area contributed by atoms with Gasteiger partial charge in [0.2, 0.25) is 24.1 Å². The normalized spacial score (nSPS) is 19.6. The molecular weight excluding hydrogens is 664 g/mol. The van der Waals surface area contributed by atoms with Crippen molar-refractivity contribution in [1.29, 1.82) is 0 Å². The number of amides is 4. The molecule has 1 aliphatic heterocycles. The van der Waals surface area contributed by atoms with Crippen LogP contribution in [0.15, 0.2) is 12.1 Å². The average molecular weight is 715 g/mol. The van der Waals surface area contributed by atoms with E-state index in [2.05, 4.69) is 16.0 Å². The number of aromatic carboxylic acids is 1. The highest BCUT2D eigenvalue weighted by Gasteiger charge is 2.45. The number of benzene rings is 1. The van der Waals surface area contributed by atoms with Gasteiger partial charge in [0, 0.05) is 25.1 Å². The number of carboxylic acid groups (broad SMARTS) is 1. The number of carbonyl (C=O) groups is 5. The molecule has 1 aromatic rings. The molecule has 0 bridgehead atoms. The van der Waals surface area contributed by atoms with Crippen LogP contribution in [0.5, 0.6) is 0 Å². The second-order valence-corrected chi connectivity index (χ2v) is 14.9. The highest BCUT2D eigenvalue weighted by Crippen LogP contribution is 2.38.